The van der Waals surface area contributed by atoms with Crippen LogP contribution in [0.2, 0.25) is 10.0 Å². The molecule has 0 aromatic heterocycles. The second-order valence-electron chi connectivity index (χ2n) is 5.90. The van der Waals surface area contributed by atoms with Crippen molar-refractivity contribution in [2.24, 2.45) is 0 Å². The van der Waals surface area contributed by atoms with E-state index < -0.39 is 0 Å². The molecule has 0 spiro atoms. The van der Waals surface area contributed by atoms with Crippen molar-refractivity contribution in [3.63, 3.8) is 0 Å². The van der Waals surface area contributed by atoms with Crippen molar-refractivity contribution in [3.8, 4) is 11.5 Å². The molecule has 4 heteroatoms. The third-order valence-corrected chi connectivity index (χ3v) is 3.69. The summed E-state index contributed by atoms with van der Waals surface area (Å²) in [5.41, 5.74) is 1.30. The smallest absolute Gasteiger partial charge is 0.147 e. The lowest BCUT2D eigenvalue weighted by Crippen LogP contribution is -2.34. The van der Waals surface area contributed by atoms with Crippen LogP contribution in [0.15, 0.2) is 42.5 Å². The highest BCUT2D eigenvalue weighted by atomic mass is 35.5. The molecule has 0 fully saturated rings. The van der Waals surface area contributed by atoms with Gasteiger partial charge in [0.1, 0.15) is 16.5 Å². The van der Waals surface area contributed by atoms with Gasteiger partial charge in [-0.3, -0.25) is 0 Å². The van der Waals surface area contributed by atoms with E-state index in [0.717, 1.165) is 12.3 Å². The molecule has 0 aliphatic carbocycles. The van der Waals surface area contributed by atoms with Crippen LogP contribution >= 0.6 is 23.2 Å². The fourth-order valence-corrected chi connectivity index (χ4v) is 2.06. The second-order valence-corrected chi connectivity index (χ2v) is 6.69. The topological polar surface area (TPSA) is 21.3 Å². The Bertz CT molecular complexity index is 603. The van der Waals surface area contributed by atoms with E-state index in [4.69, 9.17) is 27.9 Å². The predicted molar refractivity (Wildman–Crippen MR) is 89.6 cm³/mol. The number of ether oxygens (including phenoxy) is 1. The minimum absolute atomic E-state index is 0.101. The maximum Gasteiger partial charge on any atom is 0.147 e. The number of benzene rings is 2. The van der Waals surface area contributed by atoms with Crippen LogP contribution in [0, 0.1) is 0 Å². The van der Waals surface area contributed by atoms with Crippen LogP contribution in [-0.2, 0) is 6.54 Å². The van der Waals surface area contributed by atoms with E-state index >= 15 is 0 Å². The number of rotatable bonds is 4. The second kappa shape index (κ2) is 6.69. The van der Waals surface area contributed by atoms with E-state index in [1.54, 1.807) is 12.1 Å². The van der Waals surface area contributed by atoms with E-state index in [0.29, 0.717) is 15.8 Å². The molecule has 1 N–H and O–H groups in total. The van der Waals surface area contributed by atoms with E-state index in [-0.39, 0.29) is 5.54 Å². The van der Waals surface area contributed by atoms with Gasteiger partial charge in [0.05, 0.1) is 5.02 Å². The molecule has 2 aromatic carbocycles. The normalized spacial score (nSPS) is 11.5. The number of hydrogen-bond acceptors (Lipinski definition) is 2. The fraction of sp³-hybridized carbons (Fsp3) is 0.294. The van der Waals surface area contributed by atoms with Gasteiger partial charge in [0.2, 0.25) is 0 Å². The van der Waals surface area contributed by atoms with Crippen LogP contribution in [0.4, 0.5) is 0 Å². The van der Waals surface area contributed by atoms with Gasteiger partial charge in [0, 0.05) is 12.1 Å². The molecular formula is C17H19Cl2NO. The molecular weight excluding hydrogens is 305 g/mol. The van der Waals surface area contributed by atoms with E-state index in [2.05, 4.69) is 26.1 Å². The van der Waals surface area contributed by atoms with Gasteiger partial charge in [-0.25, -0.2) is 0 Å². The number of halogens is 2. The van der Waals surface area contributed by atoms with Crippen molar-refractivity contribution in [3.05, 3.63) is 58.1 Å². The van der Waals surface area contributed by atoms with Crippen molar-refractivity contribution < 1.29 is 4.74 Å². The molecule has 0 saturated carbocycles. The highest BCUT2D eigenvalue weighted by Gasteiger charge is 2.09. The maximum atomic E-state index is 6.11. The lowest BCUT2D eigenvalue weighted by Gasteiger charge is -2.20. The average Bonchev–Trinajstić information content (AvgIpc) is 2.42. The van der Waals surface area contributed by atoms with Crippen LogP contribution in [0.1, 0.15) is 26.3 Å². The van der Waals surface area contributed by atoms with Gasteiger partial charge in [0.15, 0.2) is 0 Å². The van der Waals surface area contributed by atoms with Crippen molar-refractivity contribution in [1.82, 2.24) is 5.32 Å². The lowest BCUT2D eigenvalue weighted by atomic mass is 10.1. The number of nitrogens with one attached hydrogen (secondary N) is 1. The van der Waals surface area contributed by atoms with E-state index in [9.17, 15) is 0 Å². The molecule has 21 heavy (non-hydrogen) atoms. The Hall–Kier alpha value is -1.22. The van der Waals surface area contributed by atoms with Gasteiger partial charge in [-0.1, -0.05) is 41.4 Å². The molecule has 2 rings (SSSR count). The summed E-state index contributed by atoms with van der Waals surface area (Å²) in [6.45, 7) is 7.25. The number of hydrogen-bond donors (Lipinski definition) is 1. The Morgan fingerprint density at radius 2 is 1.67 bits per heavy atom. The first-order valence-corrected chi connectivity index (χ1v) is 7.56. The first kappa shape index (κ1) is 16.2. The third kappa shape index (κ3) is 4.92. The molecule has 0 saturated heterocycles. The van der Waals surface area contributed by atoms with Crippen LogP contribution in [-0.4, -0.2) is 5.54 Å². The molecule has 0 amide bonds. The molecule has 0 unspecified atom stereocenters. The Morgan fingerprint density at radius 1 is 1.00 bits per heavy atom. The van der Waals surface area contributed by atoms with Gasteiger partial charge < -0.3 is 10.1 Å². The van der Waals surface area contributed by atoms with Crippen molar-refractivity contribution >= 4 is 23.2 Å². The third-order valence-electron chi connectivity index (χ3n) is 2.89. The van der Waals surface area contributed by atoms with E-state index in [1.165, 1.54) is 5.56 Å². The van der Waals surface area contributed by atoms with Gasteiger partial charge in [-0.2, -0.15) is 0 Å². The molecule has 0 aliphatic heterocycles. The zero-order valence-electron chi connectivity index (χ0n) is 12.4. The summed E-state index contributed by atoms with van der Waals surface area (Å²) in [6.07, 6.45) is 0. The first-order chi connectivity index (χ1) is 9.85. The minimum Gasteiger partial charge on any atom is -0.456 e. The molecule has 0 bridgehead atoms. The molecule has 0 aliphatic rings. The largest absolute Gasteiger partial charge is 0.456 e. The molecule has 2 nitrogen and oxygen atoms in total. The van der Waals surface area contributed by atoms with Crippen LogP contribution in [0.5, 0.6) is 11.5 Å². The standard InChI is InChI=1S/C17H19Cl2NO/c1-17(2,3)20-11-12-7-9-13(10-8-12)21-15-6-4-5-14(18)16(15)19/h4-10,20H,11H2,1-3H3. The van der Waals surface area contributed by atoms with Crippen molar-refractivity contribution in [2.75, 3.05) is 0 Å². The summed E-state index contributed by atoms with van der Waals surface area (Å²) in [4.78, 5) is 0. The first-order valence-electron chi connectivity index (χ1n) is 6.81. The zero-order valence-corrected chi connectivity index (χ0v) is 13.9. The van der Waals surface area contributed by atoms with Gasteiger partial charge in [-0.15, -0.1) is 0 Å². The Balaban J connectivity index is 2.04. The quantitative estimate of drug-likeness (QED) is 0.782. The van der Waals surface area contributed by atoms with E-state index in [1.807, 2.05) is 30.3 Å². The lowest BCUT2D eigenvalue weighted by molar-refractivity contribution is 0.424. The van der Waals surface area contributed by atoms with Crippen LogP contribution < -0.4 is 10.1 Å². The molecule has 112 valence electrons. The Morgan fingerprint density at radius 3 is 2.29 bits per heavy atom. The molecule has 0 atom stereocenters. The summed E-state index contributed by atoms with van der Waals surface area (Å²) in [6, 6.07) is 13.3. The highest BCUT2D eigenvalue weighted by molar-refractivity contribution is 6.42. The highest BCUT2D eigenvalue weighted by Crippen LogP contribution is 2.34. The summed E-state index contributed by atoms with van der Waals surface area (Å²) >= 11 is 12.1. The predicted octanol–water partition coefficient (Wildman–Crippen LogP) is 5.67. The SMILES string of the molecule is CC(C)(C)NCc1ccc(Oc2cccc(Cl)c2Cl)cc1. The Labute approximate surface area is 136 Å². The summed E-state index contributed by atoms with van der Waals surface area (Å²) in [5.74, 6) is 1.29. The van der Waals surface area contributed by atoms with Gasteiger partial charge >= 0.3 is 0 Å². The molecule has 0 radical (unpaired) electrons. The van der Waals surface area contributed by atoms with Crippen LogP contribution in [0.3, 0.4) is 0 Å². The maximum absolute atomic E-state index is 6.11. The fourth-order valence-electron chi connectivity index (χ4n) is 1.73. The van der Waals surface area contributed by atoms with Crippen molar-refractivity contribution in [2.45, 2.75) is 32.9 Å². The zero-order chi connectivity index (χ0) is 15.5. The monoisotopic (exact) mass is 323 g/mol. The summed E-state index contributed by atoms with van der Waals surface area (Å²) in [5, 5.41) is 4.36. The summed E-state index contributed by atoms with van der Waals surface area (Å²) in [7, 11) is 0. The van der Waals surface area contributed by atoms with Crippen molar-refractivity contribution in [1.29, 1.82) is 0 Å². The molecule has 2 aromatic rings. The average molecular weight is 324 g/mol. The minimum atomic E-state index is 0.101. The Kier molecular flexibility index (Phi) is 5.15. The van der Waals surface area contributed by atoms with Gasteiger partial charge in [0.25, 0.3) is 0 Å². The molecule has 0 heterocycles. The van der Waals surface area contributed by atoms with Gasteiger partial charge in [-0.05, 0) is 50.6 Å². The summed E-state index contributed by atoms with van der Waals surface area (Å²) < 4.78 is 5.75. The van der Waals surface area contributed by atoms with Crippen LogP contribution in [0.25, 0.3) is 0 Å².